The van der Waals surface area contributed by atoms with Crippen molar-refractivity contribution in [2.75, 3.05) is 11.9 Å². The summed E-state index contributed by atoms with van der Waals surface area (Å²) in [5.41, 5.74) is 2.50. The van der Waals surface area contributed by atoms with E-state index in [0.29, 0.717) is 12.2 Å². The summed E-state index contributed by atoms with van der Waals surface area (Å²) < 4.78 is 8.89. The molecule has 10 heteroatoms. The number of carbonyl (C=O) groups excluding carboxylic acids is 2. The molecule has 0 spiro atoms. The number of aryl methyl sites for hydroxylation is 2. The topological polar surface area (TPSA) is 117 Å². The van der Waals surface area contributed by atoms with Gasteiger partial charge in [0.2, 0.25) is 0 Å². The lowest BCUT2D eigenvalue weighted by Gasteiger charge is -2.13. The first-order valence-electron chi connectivity index (χ1n) is 11.5. The summed E-state index contributed by atoms with van der Waals surface area (Å²) in [5, 5.41) is 2.70. The SMILES string of the molecule is CCn1cnc2c1c(=O)n(CC(=O)OCC(=O)Nc1cccc(C)c1C)c(=O)n2Cc1ccccc1. The van der Waals surface area contributed by atoms with Crippen LogP contribution in [0.25, 0.3) is 11.2 Å². The fourth-order valence-electron chi connectivity index (χ4n) is 3.92. The molecule has 4 aromatic rings. The molecule has 186 valence electrons. The van der Waals surface area contributed by atoms with Gasteiger partial charge >= 0.3 is 11.7 Å². The molecule has 0 aliphatic carbocycles. The summed E-state index contributed by atoms with van der Waals surface area (Å²) in [6.07, 6.45) is 1.49. The highest BCUT2D eigenvalue weighted by molar-refractivity contribution is 5.93. The van der Waals surface area contributed by atoms with Crippen LogP contribution in [0.5, 0.6) is 0 Å². The molecule has 0 radical (unpaired) electrons. The molecule has 2 aromatic carbocycles. The van der Waals surface area contributed by atoms with Crippen LogP contribution in [0.15, 0.2) is 64.4 Å². The molecule has 0 fully saturated rings. The van der Waals surface area contributed by atoms with Crippen LogP contribution < -0.4 is 16.6 Å². The largest absolute Gasteiger partial charge is 0.454 e. The van der Waals surface area contributed by atoms with E-state index in [-0.39, 0.29) is 17.7 Å². The second-order valence-corrected chi connectivity index (χ2v) is 8.40. The highest BCUT2D eigenvalue weighted by atomic mass is 16.5. The first kappa shape index (κ1) is 24.6. The van der Waals surface area contributed by atoms with Crippen LogP contribution in [0.1, 0.15) is 23.6 Å². The molecule has 2 heterocycles. The van der Waals surface area contributed by atoms with E-state index in [9.17, 15) is 19.2 Å². The number of amides is 1. The molecule has 4 rings (SSSR count). The zero-order valence-corrected chi connectivity index (χ0v) is 20.4. The highest BCUT2D eigenvalue weighted by Crippen LogP contribution is 2.17. The number of hydrogen-bond donors (Lipinski definition) is 1. The quantitative estimate of drug-likeness (QED) is 0.379. The number of benzene rings is 2. The molecule has 36 heavy (non-hydrogen) atoms. The van der Waals surface area contributed by atoms with E-state index in [1.807, 2.05) is 63.2 Å². The van der Waals surface area contributed by atoms with Gasteiger partial charge in [-0.2, -0.15) is 0 Å². The van der Waals surface area contributed by atoms with Crippen molar-refractivity contribution in [1.29, 1.82) is 0 Å². The standard InChI is InChI=1S/C26H27N5O5/c1-4-29-16-27-24-23(29)25(34)31(26(35)30(24)13-19-10-6-5-7-11-19)14-22(33)36-15-21(32)28-20-12-8-9-17(2)18(20)3/h5-12,16H,4,13-15H2,1-3H3,(H,28,32). The minimum atomic E-state index is -0.876. The fourth-order valence-corrected chi connectivity index (χ4v) is 3.92. The number of carbonyl (C=O) groups is 2. The smallest absolute Gasteiger partial charge is 0.333 e. The highest BCUT2D eigenvalue weighted by Gasteiger charge is 2.20. The molecule has 0 bridgehead atoms. The van der Waals surface area contributed by atoms with Crippen LogP contribution in [0.4, 0.5) is 5.69 Å². The molecule has 0 aliphatic heterocycles. The summed E-state index contributed by atoms with van der Waals surface area (Å²) in [4.78, 5) is 55.6. The van der Waals surface area contributed by atoms with E-state index in [4.69, 9.17) is 4.74 Å². The molecule has 0 saturated carbocycles. The fraction of sp³-hybridized carbons (Fsp3) is 0.269. The molecule has 0 atom stereocenters. The van der Waals surface area contributed by atoms with Gasteiger partial charge < -0.3 is 14.6 Å². The maximum absolute atomic E-state index is 13.3. The number of nitrogens with zero attached hydrogens (tertiary/aromatic N) is 4. The van der Waals surface area contributed by atoms with Crippen LogP contribution in [-0.2, 0) is 34.0 Å². The van der Waals surface area contributed by atoms with E-state index >= 15 is 0 Å². The van der Waals surface area contributed by atoms with Gasteiger partial charge in [-0.25, -0.2) is 14.3 Å². The molecule has 1 N–H and O–H groups in total. The Hall–Kier alpha value is -4.47. The van der Waals surface area contributed by atoms with Gasteiger partial charge in [0.15, 0.2) is 17.8 Å². The number of anilines is 1. The number of ether oxygens (including phenoxy) is 1. The van der Waals surface area contributed by atoms with Gasteiger partial charge in [-0.1, -0.05) is 42.5 Å². The molecular formula is C26H27N5O5. The van der Waals surface area contributed by atoms with Crippen molar-refractivity contribution in [2.45, 2.75) is 40.4 Å². The summed E-state index contributed by atoms with van der Waals surface area (Å²) >= 11 is 0. The first-order valence-corrected chi connectivity index (χ1v) is 11.5. The lowest BCUT2D eigenvalue weighted by atomic mass is 10.1. The Labute approximate surface area is 206 Å². The Morgan fingerprint density at radius 3 is 2.47 bits per heavy atom. The van der Waals surface area contributed by atoms with Crippen LogP contribution >= 0.6 is 0 Å². The number of fused-ring (bicyclic) bond motifs is 1. The van der Waals surface area contributed by atoms with Gasteiger partial charge in [0, 0.05) is 12.2 Å². The van der Waals surface area contributed by atoms with E-state index in [2.05, 4.69) is 10.3 Å². The predicted molar refractivity (Wildman–Crippen MR) is 135 cm³/mol. The zero-order chi connectivity index (χ0) is 25.8. The Morgan fingerprint density at radius 2 is 1.75 bits per heavy atom. The molecule has 0 unspecified atom stereocenters. The number of esters is 1. The molecule has 1 amide bonds. The number of nitrogens with one attached hydrogen (secondary N) is 1. The van der Waals surface area contributed by atoms with Crippen molar-refractivity contribution in [2.24, 2.45) is 0 Å². The normalized spacial score (nSPS) is 11.0. The van der Waals surface area contributed by atoms with Gasteiger partial charge in [0.05, 0.1) is 12.9 Å². The third-order valence-corrected chi connectivity index (χ3v) is 6.04. The van der Waals surface area contributed by atoms with Crippen molar-refractivity contribution in [1.82, 2.24) is 18.7 Å². The van der Waals surface area contributed by atoms with Gasteiger partial charge in [-0.05, 0) is 43.5 Å². The Bertz CT molecular complexity index is 1550. The Morgan fingerprint density at radius 1 is 1.00 bits per heavy atom. The molecule has 0 saturated heterocycles. The summed E-state index contributed by atoms with van der Waals surface area (Å²) in [7, 11) is 0. The van der Waals surface area contributed by atoms with Crippen LogP contribution in [0.3, 0.4) is 0 Å². The van der Waals surface area contributed by atoms with Crippen molar-refractivity contribution in [3.05, 3.63) is 92.4 Å². The third-order valence-electron chi connectivity index (χ3n) is 6.04. The predicted octanol–water partition coefficient (Wildman–Crippen LogP) is 2.23. The average molecular weight is 490 g/mol. The number of aromatic nitrogens is 4. The zero-order valence-electron chi connectivity index (χ0n) is 20.4. The Balaban J connectivity index is 1.57. The lowest BCUT2D eigenvalue weighted by molar-refractivity contribution is -0.148. The molecule has 0 aliphatic rings. The van der Waals surface area contributed by atoms with E-state index < -0.39 is 36.3 Å². The van der Waals surface area contributed by atoms with E-state index in [1.54, 1.807) is 10.6 Å². The first-order chi connectivity index (χ1) is 17.3. The second kappa shape index (κ2) is 10.4. The van der Waals surface area contributed by atoms with E-state index in [1.165, 1.54) is 10.9 Å². The van der Waals surface area contributed by atoms with Crippen LogP contribution in [0, 0.1) is 13.8 Å². The maximum Gasteiger partial charge on any atom is 0.333 e. The average Bonchev–Trinajstić information content (AvgIpc) is 3.31. The summed E-state index contributed by atoms with van der Waals surface area (Å²) in [5.74, 6) is -1.40. The maximum atomic E-state index is 13.3. The summed E-state index contributed by atoms with van der Waals surface area (Å²) in [6, 6.07) is 14.8. The monoisotopic (exact) mass is 489 g/mol. The summed E-state index contributed by atoms with van der Waals surface area (Å²) in [6.45, 7) is 5.10. The van der Waals surface area contributed by atoms with Gasteiger partial charge in [-0.15, -0.1) is 0 Å². The van der Waals surface area contributed by atoms with Crippen LogP contribution in [-0.4, -0.2) is 37.2 Å². The molecule has 2 aromatic heterocycles. The third kappa shape index (κ3) is 4.97. The van der Waals surface area contributed by atoms with Gasteiger partial charge in [0.25, 0.3) is 11.5 Å². The van der Waals surface area contributed by atoms with Crippen molar-refractivity contribution in [3.63, 3.8) is 0 Å². The molecular weight excluding hydrogens is 462 g/mol. The minimum absolute atomic E-state index is 0.171. The van der Waals surface area contributed by atoms with Gasteiger partial charge in [0.1, 0.15) is 6.54 Å². The van der Waals surface area contributed by atoms with E-state index in [0.717, 1.165) is 21.3 Å². The van der Waals surface area contributed by atoms with Crippen molar-refractivity contribution in [3.8, 4) is 0 Å². The van der Waals surface area contributed by atoms with Crippen molar-refractivity contribution >= 4 is 28.7 Å². The molecule has 10 nitrogen and oxygen atoms in total. The second-order valence-electron chi connectivity index (χ2n) is 8.40. The van der Waals surface area contributed by atoms with Crippen LogP contribution in [0.2, 0.25) is 0 Å². The van der Waals surface area contributed by atoms with Crippen molar-refractivity contribution < 1.29 is 14.3 Å². The lowest BCUT2D eigenvalue weighted by Crippen LogP contribution is -2.43. The van der Waals surface area contributed by atoms with Gasteiger partial charge in [-0.3, -0.25) is 19.0 Å². The number of rotatable bonds is 8. The number of imidazole rings is 1. The number of hydrogen-bond acceptors (Lipinski definition) is 6. The Kier molecular flexibility index (Phi) is 7.14. The minimum Gasteiger partial charge on any atom is -0.454 e.